The van der Waals surface area contributed by atoms with Crippen LogP contribution in [-0.4, -0.2) is 36.6 Å². The Bertz CT molecular complexity index is 417. The van der Waals surface area contributed by atoms with E-state index in [1.807, 2.05) is 25.1 Å². The number of hydrogen-bond donors (Lipinski definition) is 1. The second-order valence-electron chi connectivity index (χ2n) is 5.03. The van der Waals surface area contributed by atoms with E-state index in [-0.39, 0.29) is 42.7 Å². The maximum absolute atomic E-state index is 11.8. The molecule has 1 aromatic carbocycles. The Kier molecular flexibility index (Phi) is 9.62. The maximum atomic E-state index is 11.8. The fourth-order valence-corrected chi connectivity index (χ4v) is 2.58. The van der Waals surface area contributed by atoms with Gasteiger partial charge in [0.25, 0.3) is 0 Å². The Hall–Kier alpha value is -0.810. The Balaban J connectivity index is 0.00000200. The van der Waals surface area contributed by atoms with E-state index in [9.17, 15) is 4.79 Å². The number of hydrogen-bond acceptors (Lipinski definition) is 4. The first-order valence-electron chi connectivity index (χ1n) is 6.89. The van der Waals surface area contributed by atoms with Crippen molar-refractivity contribution in [2.45, 2.75) is 25.9 Å². The SMILES string of the molecule is CCOC(=O)[C@H]1CCN(Cc2ccccc2)C[C@H]1N.Cl.Cl. The lowest BCUT2D eigenvalue weighted by atomic mass is 9.92. The van der Waals surface area contributed by atoms with Crippen molar-refractivity contribution < 1.29 is 9.53 Å². The second-order valence-corrected chi connectivity index (χ2v) is 5.03. The van der Waals surface area contributed by atoms with E-state index in [4.69, 9.17) is 10.5 Å². The molecule has 0 saturated carbocycles. The average Bonchev–Trinajstić information content (AvgIpc) is 2.40. The summed E-state index contributed by atoms with van der Waals surface area (Å²) >= 11 is 0. The normalized spacial score (nSPS) is 21.8. The minimum atomic E-state index is -0.146. The van der Waals surface area contributed by atoms with E-state index in [2.05, 4.69) is 17.0 Å². The summed E-state index contributed by atoms with van der Waals surface area (Å²) < 4.78 is 5.07. The molecule has 21 heavy (non-hydrogen) atoms. The maximum Gasteiger partial charge on any atom is 0.310 e. The minimum Gasteiger partial charge on any atom is -0.466 e. The van der Waals surface area contributed by atoms with Crippen molar-refractivity contribution in [3.63, 3.8) is 0 Å². The molecule has 0 amide bonds. The average molecular weight is 335 g/mol. The number of halogens is 2. The molecule has 2 rings (SSSR count). The number of benzene rings is 1. The van der Waals surface area contributed by atoms with Crippen LogP contribution in [0.3, 0.4) is 0 Å². The van der Waals surface area contributed by atoms with Gasteiger partial charge in [0.05, 0.1) is 12.5 Å². The molecule has 1 aromatic rings. The van der Waals surface area contributed by atoms with Crippen LogP contribution in [0.1, 0.15) is 18.9 Å². The Morgan fingerprint density at radius 1 is 1.33 bits per heavy atom. The van der Waals surface area contributed by atoms with Crippen molar-refractivity contribution in [1.82, 2.24) is 4.90 Å². The third-order valence-corrected chi connectivity index (χ3v) is 3.58. The van der Waals surface area contributed by atoms with Gasteiger partial charge in [0.15, 0.2) is 0 Å². The molecular formula is C15H24Cl2N2O2. The highest BCUT2D eigenvalue weighted by Gasteiger charge is 2.32. The topological polar surface area (TPSA) is 55.6 Å². The molecule has 4 nitrogen and oxygen atoms in total. The first-order valence-corrected chi connectivity index (χ1v) is 6.89. The van der Waals surface area contributed by atoms with Gasteiger partial charge in [-0.1, -0.05) is 30.3 Å². The molecule has 1 aliphatic rings. The standard InChI is InChI=1S/C15H22N2O2.2ClH/c1-2-19-15(18)13-8-9-17(11-14(13)16)10-12-6-4-3-5-7-12;;/h3-7,13-14H,2,8-11,16H2,1H3;2*1H/t13-,14+;;/m0../s1. The monoisotopic (exact) mass is 334 g/mol. The molecule has 1 aliphatic heterocycles. The lowest BCUT2D eigenvalue weighted by Gasteiger charge is -2.35. The van der Waals surface area contributed by atoms with Crippen LogP contribution in [0.4, 0.5) is 0 Å². The van der Waals surface area contributed by atoms with Gasteiger partial charge in [-0.15, -0.1) is 24.8 Å². The lowest BCUT2D eigenvalue weighted by Crippen LogP contribution is -2.51. The fraction of sp³-hybridized carbons (Fsp3) is 0.533. The number of ether oxygens (including phenoxy) is 1. The molecule has 2 N–H and O–H groups in total. The molecule has 0 unspecified atom stereocenters. The molecule has 1 saturated heterocycles. The quantitative estimate of drug-likeness (QED) is 0.858. The summed E-state index contributed by atoms with van der Waals surface area (Å²) in [5, 5.41) is 0. The number of likely N-dealkylation sites (tertiary alicyclic amines) is 1. The van der Waals surface area contributed by atoms with Crippen molar-refractivity contribution in [2.24, 2.45) is 11.7 Å². The number of nitrogens with two attached hydrogens (primary N) is 1. The summed E-state index contributed by atoms with van der Waals surface area (Å²) in [6.45, 7) is 4.79. The smallest absolute Gasteiger partial charge is 0.310 e. The molecular weight excluding hydrogens is 311 g/mol. The lowest BCUT2D eigenvalue weighted by molar-refractivity contribution is -0.150. The minimum absolute atomic E-state index is 0. The van der Waals surface area contributed by atoms with E-state index in [0.717, 1.165) is 26.1 Å². The number of nitrogens with zero attached hydrogens (tertiary/aromatic N) is 1. The summed E-state index contributed by atoms with van der Waals surface area (Å²) in [4.78, 5) is 14.1. The molecule has 120 valence electrons. The molecule has 1 heterocycles. The van der Waals surface area contributed by atoms with Crippen LogP contribution in [-0.2, 0) is 16.1 Å². The Morgan fingerprint density at radius 2 is 2.00 bits per heavy atom. The number of piperidine rings is 1. The molecule has 1 fully saturated rings. The highest BCUT2D eigenvalue weighted by Crippen LogP contribution is 2.19. The van der Waals surface area contributed by atoms with E-state index in [1.165, 1.54) is 5.56 Å². The largest absolute Gasteiger partial charge is 0.466 e. The second kappa shape index (κ2) is 10.0. The van der Waals surface area contributed by atoms with Crippen LogP contribution in [0, 0.1) is 5.92 Å². The Morgan fingerprint density at radius 3 is 2.57 bits per heavy atom. The molecule has 0 spiro atoms. The zero-order valence-corrected chi connectivity index (χ0v) is 13.9. The van der Waals surface area contributed by atoms with Crippen molar-refractivity contribution >= 4 is 30.8 Å². The Labute approximate surface area is 138 Å². The molecule has 6 heteroatoms. The third kappa shape index (κ3) is 5.83. The third-order valence-electron chi connectivity index (χ3n) is 3.58. The van der Waals surface area contributed by atoms with Gasteiger partial charge in [-0.05, 0) is 25.5 Å². The summed E-state index contributed by atoms with van der Waals surface area (Å²) in [6.07, 6.45) is 0.785. The summed E-state index contributed by atoms with van der Waals surface area (Å²) in [7, 11) is 0. The van der Waals surface area contributed by atoms with Gasteiger partial charge in [-0.2, -0.15) is 0 Å². The predicted octanol–water partition coefficient (Wildman–Crippen LogP) is 2.24. The van der Waals surface area contributed by atoms with Crippen molar-refractivity contribution in [3.05, 3.63) is 35.9 Å². The highest BCUT2D eigenvalue weighted by molar-refractivity contribution is 5.85. The molecule has 0 aromatic heterocycles. The zero-order chi connectivity index (χ0) is 13.7. The first-order chi connectivity index (χ1) is 9.20. The van der Waals surface area contributed by atoms with Gasteiger partial charge in [0.1, 0.15) is 0 Å². The van der Waals surface area contributed by atoms with Gasteiger partial charge < -0.3 is 10.5 Å². The molecule has 0 aliphatic carbocycles. The van der Waals surface area contributed by atoms with Crippen LogP contribution in [0.25, 0.3) is 0 Å². The predicted molar refractivity (Wildman–Crippen MR) is 88.9 cm³/mol. The van der Waals surface area contributed by atoms with E-state index in [1.54, 1.807) is 0 Å². The molecule has 2 atom stereocenters. The van der Waals surface area contributed by atoms with Gasteiger partial charge >= 0.3 is 5.97 Å². The number of carbonyl (C=O) groups excluding carboxylic acids is 1. The number of esters is 1. The van der Waals surface area contributed by atoms with E-state index in [0.29, 0.717) is 6.61 Å². The van der Waals surface area contributed by atoms with E-state index >= 15 is 0 Å². The summed E-state index contributed by atoms with van der Waals surface area (Å²) in [5.41, 5.74) is 7.39. The van der Waals surface area contributed by atoms with Gasteiger partial charge in [-0.3, -0.25) is 9.69 Å². The fourth-order valence-electron chi connectivity index (χ4n) is 2.58. The van der Waals surface area contributed by atoms with Crippen LogP contribution in [0.15, 0.2) is 30.3 Å². The van der Waals surface area contributed by atoms with Crippen molar-refractivity contribution in [3.8, 4) is 0 Å². The number of rotatable bonds is 4. The van der Waals surface area contributed by atoms with Crippen LogP contribution >= 0.6 is 24.8 Å². The van der Waals surface area contributed by atoms with Crippen LogP contribution in [0.2, 0.25) is 0 Å². The summed E-state index contributed by atoms with van der Waals surface area (Å²) in [5.74, 6) is -0.290. The molecule has 0 bridgehead atoms. The summed E-state index contributed by atoms with van der Waals surface area (Å²) in [6, 6.07) is 10.2. The van der Waals surface area contributed by atoms with E-state index < -0.39 is 0 Å². The van der Waals surface area contributed by atoms with Crippen LogP contribution < -0.4 is 5.73 Å². The van der Waals surface area contributed by atoms with Crippen LogP contribution in [0.5, 0.6) is 0 Å². The van der Waals surface area contributed by atoms with Crippen molar-refractivity contribution in [1.29, 1.82) is 0 Å². The highest BCUT2D eigenvalue weighted by atomic mass is 35.5. The zero-order valence-electron chi connectivity index (χ0n) is 12.2. The van der Waals surface area contributed by atoms with Gasteiger partial charge in [-0.25, -0.2) is 0 Å². The van der Waals surface area contributed by atoms with Crippen molar-refractivity contribution in [2.75, 3.05) is 19.7 Å². The van der Waals surface area contributed by atoms with Gasteiger partial charge in [0, 0.05) is 19.1 Å². The van der Waals surface area contributed by atoms with Gasteiger partial charge in [0.2, 0.25) is 0 Å². The first kappa shape index (κ1) is 20.2. The molecule has 0 radical (unpaired) electrons. The number of carbonyl (C=O) groups is 1.